The van der Waals surface area contributed by atoms with Crippen molar-refractivity contribution in [3.05, 3.63) is 12.2 Å². The molecule has 4 heteroatoms. The lowest BCUT2D eigenvalue weighted by molar-refractivity contribution is -0.176. The van der Waals surface area contributed by atoms with E-state index in [9.17, 15) is 19.8 Å². The predicted octanol–water partition coefficient (Wildman–Crippen LogP) is 6.84. The van der Waals surface area contributed by atoms with Crippen molar-refractivity contribution in [2.24, 2.45) is 16.7 Å². The Morgan fingerprint density at radius 3 is 1.64 bits per heavy atom. The second-order valence-corrected chi connectivity index (χ2v) is 9.12. The highest BCUT2D eigenvalue weighted by atomic mass is 16.4. The van der Waals surface area contributed by atoms with Crippen molar-refractivity contribution in [2.45, 2.75) is 111 Å². The molecule has 1 aliphatic rings. The van der Waals surface area contributed by atoms with E-state index in [1.165, 1.54) is 44.9 Å². The third-order valence-corrected chi connectivity index (χ3v) is 6.82. The van der Waals surface area contributed by atoms with Crippen molar-refractivity contribution in [1.29, 1.82) is 0 Å². The molecule has 0 fully saturated rings. The van der Waals surface area contributed by atoms with Crippen molar-refractivity contribution < 1.29 is 19.8 Å². The predicted molar refractivity (Wildman–Crippen MR) is 114 cm³/mol. The van der Waals surface area contributed by atoms with E-state index in [-0.39, 0.29) is 0 Å². The molecule has 0 spiro atoms. The first-order chi connectivity index (χ1) is 13.3. The van der Waals surface area contributed by atoms with Crippen LogP contribution in [0.2, 0.25) is 0 Å². The number of carboxylic acids is 2. The van der Waals surface area contributed by atoms with E-state index in [0.717, 1.165) is 25.2 Å². The number of hydrogen-bond acceptors (Lipinski definition) is 2. The average Bonchev–Trinajstić information content (AvgIpc) is 2.65. The minimum Gasteiger partial charge on any atom is -0.481 e. The minimum atomic E-state index is -1.18. The highest BCUT2D eigenvalue weighted by Crippen LogP contribution is 2.54. The minimum absolute atomic E-state index is 0.321. The number of allylic oxidation sites excluding steroid dienone is 2. The molecule has 0 bridgehead atoms. The zero-order valence-corrected chi connectivity index (χ0v) is 18.3. The zero-order valence-electron chi connectivity index (χ0n) is 18.3. The van der Waals surface area contributed by atoms with Gasteiger partial charge < -0.3 is 10.2 Å². The summed E-state index contributed by atoms with van der Waals surface area (Å²) < 4.78 is 0. The van der Waals surface area contributed by atoms with E-state index in [1.807, 2.05) is 19.1 Å². The van der Waals surface area contributed by atoms with E-state index >= 15 is 0 Å². The van der Waals surface area contributed by atoms with Gasteiger partial charge in [-0.1, -0.05) is 97.1 Å². The van der Waals surface area contributed by atoms with Crippen molar-refractivity contribution in [3.8, 4) is 0 Å². The lowest BCUT2D eigenvalue weighted by Crippen LogP contribution is -2.53. The second-order valence-electron chi connectivity index (χ2n) is 9.12. The summed E-state index contributed by atoms with van der Waals surface area (Å²) in [6, 6.07) is 0. The number of rotatable bonds is 15. The molecule has 162 valence electrons. The Morgan fingerprint density at radius 2 is 1.21 bits per heavy atom. The van der Waals surface area contributed by atoms with Gasteiger partial charge in [-0.3, -0.25) is 9.59 Å². The Balaban J connectivity index is 2.37. The molecule has 28 heavy (non-hydrogen) atoms. The quantitative estimate of drug-likeness (QED) is 0.236. The number of carboxylic acid groups (broad SMARTS) is 2. The van der Waals surface area contributed by atoms with Gasteiger partial charge in [0, 0.05) is 0 Å². The van der Waals surface area contributed by atoms with Crippen LogP contribution in [0.25, 0.3) is 0 Å². The van der Waals surface area contributed by atoms with Crippen LogP contribution >= 0.6 is 0 Å². The van der Waals surface area contributed by atoms with Crippen LogP contribution < -0.4 is 0 Å². The van der Waals surface area contributed by atoms with Crippen LogP contribution in [0, 0.1) is 16.7 Å². The summed E-state index contributed by atoms with van der Waals surface area (Å²) in [6.45, 7) is 6.37. The third-order valence-electron chi connectivity index (χ3n) is 6.82. The second kappa shape index (κ2) is 12.3. The molecule has 0 aromatic carbocycles. The molecule has 0 aliphatic heterocycles. The molecule has 2 unspecified atom stereocenters. The SMILES string of the molecule is CCC1(C(=O)O)CC=CCC1(CCCCCCCCCCCC(C)C)C(=O)O. The van der Waals surface area contributed by atoms with E-state index in [2.05, 4.69) is 13.8 Å². The monoisotopic (exact) mass is 394 g/mol. The van der Waals surface area contributed by atoms with E-state index < -0.39 is 22.8 Å². The van der Waals surface area contributed by atoms with Gasteiger partial charge in [0.1, 0.15) is 0 Å². The van der Waals surface area contributed by atoms with Crippen LogP contribution in [0.5, 0.6) is 0 Å². The summed E-state index contributed by atoms with van der Waals surface area (Å²) >= 11 is 0. The highest BCUT2D eigenvalue weighted by molar-refractivity contribution is 5.87. The first-order valence-electron chi connectivity index (χ1n) is 11.4. The van der Waals surface area contributed by atoms with Gasteiger partial charge in [0.15, 0.2) is 0 Å². The topological polar surface area (TPSA) is 74.6 Å². The Labute approximate surface area is 171 Å². The van der Waals surface area contributed by atoms with Gasteiger partial charge in [-0.25, -0.2) is 0 Å². The van der Waals surface area contributed by atoms with Gasteiger partial charge in [0.2, 0.25) is 0 Å². The molecule has 0 saturated carbocycles. The number of hydrogen-bond donors (Lipinski definition) is 2. The summed E-state index contributed by atoms with van der Waals surface area (Å²) in [4.78, 5) is 24.2. The van der Waals surface area contributed by atoms with Gasteiger partial charge in [0.25, 0.3) is 0 Å². The largest absolute Gasteiger partial charge is 0.481 e. The van der Waals surface area contributed by atoms with E-state index in [0.29, 0.717) is 25.7 Å². The molecule has 0 heterocycles. The number of unbranched alkanes of at least 4 members (excludes halogenated alkanes) is 8. The molecule has 0 aromatic heterocycles. The van der Waals surface area contributed by atoms with Crippen LogP contribution in [0.15, 0.2) is 12.2 Å². The molecule has 0 radical (unpaired) electrons. The molecule has 2 atom stereocenters. The summed E-state index contributed by atoms with van der Waals surface area (Å²) in [5, 5.41) is 19.9. The molecule has 0 aromatic rings. The Bertz CT molecular complexity index is 511. The summed E-state index contributed by atoms with van der Waals surface area (Å²) in [6.07, 6.45) is 17.1. The fraction of sp³-hybridized carbons (Fsp3) is 0.833. The fourth-order valence-corrected chi connectivity index (χ4v) is 4.84. The van der Waals surface area contributed by atoms with Crippen molar-refractivity contribution in [2.75, 3.05) is 0 Å². The normalized spacial score (nSPS) is 24.6. The van der Waals surface area contributed by atoms with Gasteiger partial charge in [-0.05, 0) is 31.6 Å². The summed E-state index contributed by atoms with van der Waals surface area (Å²) in [5.41, 5.74) is -2.34. The standard InChI is InChI=1S/C24H42O4/c1-4-23(21(25)26)17-14-15-19-24(23,22(27)28)18-13-11-9-7-5-6-8-10-12-16-20(2)3/h14-15,20H,4-13,16-19H2,1-3H3,(H,25,26)(H,27,28). The van der Waals surface area contributed by atoms with Gasteiger partial charge in [-0.2, -0.15) is 0 Å². The molecule has 2 N–H and O–H groups in total. The summed E-state index contributed by atoms with van der Waals surface area (Å²) in [5.74, 6) is -1.09. The maximum atomic E-state index is 12.2. The number of carbonyl (C=O) groups is 2. The smallest absolute Gasteiger partial charge is 0.311 e. The lowest BCUT2D eigenvalue weighted by atomic mass is 9.54. The highest BCUT2D eigenvalue weighted by Gasteiger charge is 2.59. The van der Waals surface area contributed by atoms with Crippen LogP contribution in [0.4, 0.5) is 0 Å². The molecule has 0 saturated heterocycles. The number of aliphatic carboxylic acids is 2. The molecule has 0 amide bonds. The van der Waals surface area contributed by atoms with Gasteiger partial charge in [0.05, 0.1) is 10.8 Å². The average molecular weight is 395 g/mol. The third kappa shape index (κ3) is 6.35. The Hall–Kier alpha value is -1.32. The van der Waals surface area contributed by atoms with Crippen LogP contribution in [0.3, 0.4) is 0 Å². The van der Waals surface area contributed by atoms with E-state index in [1.54, 1.807) is 0 Å². The van der Waals surface area contributed by atoms with Crippen LogP contribution in [-0.4, -0.2) is 22.2 Å². The maximum Gasteiger partial charge on any atom is 0.311 e. The van der Waals surface area contributed by atoms with Crippen LogP contribution in [0.1, 0.15) is 111 Å². The van der Waals surface area contributed by atoms with Crippen molar-refractivity contribution in [3.63, 3.8) is 0 Å². The Kier molecular flexibility index (Phi) is 10.8. The molecular weight excluding hydrogens is 352 g/mol. The van der Waals surface area contributed by atoms with Gasteiger partial charge in [-0.15, -0.1) is 0 Å². The van der Waals surface area contributed by atoms with Gasteiger partial charge >= 0.3 is 11.9 Å². The van der Waals surface area contributed by atoms with E-state index in [4.69, 9.17) is 0 Å². The molecule has 4 nitrogen and oxygen atoms in total. The first kappa shape index (κ1) is 24.7. The van der Waals surface area contributed by atoms with Crippen LogP contribution in [-0.2, 0) is 9.59 Å². The van der Waals surface area contributed by atoms with Crippen molar-refractivity contribution >= 4 is 11.9 Å². The van der Waals surface area contributed by atoms with Crippen molar-refractivity contribution in [1.82, 2.24) is 0 Å². The first-order valence-corrected chi connectivity index (χ1v) is 11.4. The molecule has 1 aliphatic carbocycles. The lowest BCUT2D eigenvalue weighted by Gasteiger charge is -2.46. The zero-order chi connectivity index (χ0) is 21.0. The molecular formula is C24H42O4. The summed E-state index contributed by atoms with van der Waals surface area (Å²) in [7, 11) is 0. The molecule has 1 rings (SSSR count). The fourth-order valence-electron chi connectivity index (χ4n) is 4.84. The maximum absolute atomic E-state index is 12.2. The Morgan fingerprint density at radius 1 is 0.786 bits per heavy atom.